The third kappa shape index (κ3) is 2.60. The van der Waals surface area contributed by atoms with E-state index in [4.69, 9.17) is 10.8 Å². The van der Waals surface area contributed by atoms with Crippen LogP contribution in [0.25, 0.3) is 0 Å². The quantitative estimate of drug-likeness (QED) is 0.796. The molecule has 4 nitrogen and oxygen atoms in total. The molecule has 0 radical (unpaired) electrons. The average molecular weight is 256 g/mol. The number of carbonyl (C=O) groups is 1. The zero-order chi connectivity index (χ0) is 13.4. The lowest BCUT2D eigenvalue weighted by Gasteiger charge is -2.14. The number of carboxylic acid groups (broad SMARTS) is 1. The van der Waals surface area contributed by atoms with Gasteiger partial charge in [0.2, 0.25) is 0 Å². The first-order valence-corrected chi connectivity index (χ1v) is 4.03. The lowest BCUT2D eigenvalue weighted by molar-refractivity contribution is -0.140. The Kier molecular flexibility index (Phi) is 3.21. The van der Waals surface area contributed by atoms with Gasteiger partial charge in [0.25, 0.3) is 6.43 Å². The normalized spacial score (nSPS) is 11.9. The fourth-order valence-electron chi connectivity index (χ4n) is 1.21. The van der Waals surface area contributed by atoms with Gasteiger partial charge in [0.1, 0.15) is 11.5 Å². The van der Waals surface area contributed by atoms with Gasteiger partial charge in [-0.1, -0.05) is 0 Å². The minimum Gasteiger partial charge on any atom is -0.478 e. The van der Waals surface area contributed by atoms with Crippen LogP contribution in [-0.4, -0.2) is 16.1 Å². The highest BCUT2D eigenvalue weighted by Gasteiger charge is 2.41. The van der Waals surface area contributed by atoms with Crippen molar-refractivity contribution in [3.05, 3.63) is 22.9 Å². The Bertz CT molecular complexity index is 458. The van der Waals surface area contributed by atoms with Gasteiger partial charge in [-0.2, -0.15) is 13.2 Å². The minimum atomic E-state index is -5.25. The molecule has 0 aliphatic rings. The first kappa shape index (κ1) is 13.1. The summed E-state index contributed by atoms with van der Waals surface area (Å²) in [6.45, 7) is 0. The minimum absolute atomic E-state index is 0.386. The van der Waals surface area contributed by atoms with Gasteiger partial charge in [0, 0.05) is 0 Å². The fraction of sp³-hybridized carbons (Fsp3) is 0.250. The number of halogens is 5. The maximum Gasteiger partial charge on any atom is 0.419 e. The summed E-state index contributed by atoms with van der Waals surface area (Å²) in [7, 11) is 0. The van der Waals surface area contributed by atoms with Gasteiger partial charge < -0.3 is 10.8 Å². The van der Waals surface area contributed by atoms with E-state index in [1.165, 1.54) is 0 Å². The highest BCUT2D eigenvalue weighted by Crippen LogP contribution is 2.38. The summed E-state index contributed by atoms with van der Waals surface area (Å²) in [6.07, 6.45) is -8.83. The summed E-state index contributed by atoms with van der Waals surface area (Å²) in [5.74, 6) is -2.72. The molecule has 0 saturated carbocycles. The molecule has 1 rings (SSSR count). The Morgan fingerprint density at radius 2 is 1.94 bits per heavy atom. The molecule has 9 heteroatoms. The highest BCUT2D eigenvalue weighted by atomic mass is 19.4. The van der Waals surface area contributed by atoms with E-state index in [0.29, 0.717) is 6.07 Å². The van der Waals surface area contributed by atoms with E-state index in [2.05, 4.69) is 4.98 Å². The number of anilines is 1. The second-order valence-corrected chi connectivity index (χ2v) is 2.96. The second-order valence-electron chi connectivity index (χ2n) is 2.96. The van der Waals surface area contributed by atoms with Crippen LogP contribution in [0.4, 0.5) is 27.8 Å². The smallest absolute Gasteiger partial charge is 0.419 e. The van der Waals surface area contributed by atoms with Crippen LogP contribution in [-0.2, 0) is 6.18 Å². The lowest BCUT2D eigenvalue weighted by atomic mass is 10.1. The van der Waals surface area contributed by atoms with Crippen LogP contribution in [0.3, 0.4) is 0 Å². The van der Waals surface area contributed by atoms with Crippen molar-refractivity contribution in [3.63, 3.8) is 0 Å². The van der Waals surface area contributed by atoms with Crippen LogP contribution in [0, 0.1) is 0 Å². The summed E-state index contributed by atoms with van der Waals surface area (Å²) in [5.41, 5.74) is -0.0378. The molecule has 1 aromatic rings. The monoisotopic (exact) mass is 256 g/mol. The van der Waals surface area contributed by atoms with Gasteiger partial charge in [-0.25, -0.2) is 18.6 Å². The van der Waals surface area contributed by atoms with Crippen LogP contribution in [0.5, 0.6) is 0 Å². The van der Waals surface area contributed by atoms with E-state index < -0.39 is 41.2 Å². The predicted octanol–water partition coefficient (Wildman–Crippen LogP) is 2.32. The average Bonchev–Trinajstić information content (AvgIpc) is 2.14. The van der Waals surface area contributed by atoms with E-state index in [1.807, 2.05) is 0 Å². The molecule has 94 valence electrons. The second kappa shape index (κ2) is 4.15. The van der Waals surface area contributed by atoms with Crippen LogP contribution in [0.15, 0.2) is 6.07 Å². The van der Waals surface area contributed by atoms with E-state index in [-0.39, 0.29) is 0 Å². The molecule has 0 fully saturated rings. The number of aromatic nitrogens is 1. The van der Waals surface area contributed by atoms with Gasteiger partial charge in [-0.15, -0.1) is 0 Å². The molecule has 0 unspecified atom stereocenters. The molecule has 0 amide bonds. The van der Waals surface area contributed by atoms with Crippen LogP contribution in [0.1, 0.15) is 28.0 Å². The van der Waals surface area contributed by atoms with Gasteiger partial charge in [-0.3, -0.25) is 0 Å². The molecule has 0 aliphatic heterocycles. The summed E-state index contributed by atoms with van der Waals surface area (Å²) in [5, 5.41) is 8.53. The van der Waals surface area contributed by atoms with Crippen LogP contribution >= 0.6 is 0 Å². The number of nitrogens with zero attached hydrogens (tertiary/aromatic N) is 1. The molecule has 17 heavy (non-hydrogen) atoms. The van der Waals surface area contributed by atoms with Crippen molar-refractivity contribution in [3.8, 4) is 0 Å². The van der Waals surface area contributed by atoms with E-state index in [9.17, 15) is 26.7 Å². The van der Waals surface area contributed by atoms with Crippen molar-refractivity contribution in [1.82, 2.24) is 4.98 Å². The van der Waals surface area contributed by atoms with Gasteiger partial charge in [0.05, 0.1) is 11.1 Å². The number of nitrogen functional groups attached to an aromatic ring is 1. The van der Waals surface area contributed by atoms with Crippen molar-refractivity contribution < 1.29 is 31.9 Å². The van der Waals surface area contributed by atoms with Gasteiger partial charge >= 0.3 is 12.1 Å². The van der Waals surface area contributed by atoms with Crippen molar-refractivity contribution in [2.24, 2.45) is 0 Å². The Labute approximate surface area is 90.9 Å². The molecular weight excluding hydrogens is 251 g/mol. The summed E-state index contributed by atoms with van der Waals surface area (Å²) >= 11 is 0. The maximum atomic E-state index is 12.5. The topological polar surface area (TPSA) is 76.2 Å². The Morgan fingerprint density at radius 1 is 1.41 bits per heavy atom. The molecule has 1 aromatic heterocycles. The van der Waals surface area contributed by atoms with Gasteiger partial charge in [-0.05, 0) is 6.07 Å². The number of alkyl halides is 5. The number of hydrogen-bond acceptors (Lipinski definition) is 3. The van der Waals surface area contributed by atoms with E-state index in [1.54, 1.807) is 0 Å². The number of nitrogens with two attached hydrogens (primary N) is 1. The van der Waals surface area contributed by atoms with Crippen molar-refractivity contribution in [2.45, 2.75) is 12.6 Å². The maximum absolute atomic E-state index is 12.5. The number of aromatic carboxylic acids is 1. The first-order chi connectivity index (χ1) is 7.64. The Hall–Kier alpha value is -1.93. The van der Waals surface area contributed by atoms with E-state index in [0.717, 1.165) is 0 Å². The molecule has 0 bridgehead atoms. The van der Waals surface area contributed by atoms with Crippen molar-refractivity contribution in [1.29, 1.82) is 0 Å². The van der Waals surface area contributed by atoms with Crippen molar-refractivity contribution in [2.75, 3.05) is 5.73 Å². The van der Waals surface area contributed by atoms with Gasteiger partial charge in [0.15, 0.2) is 0 Å². The number of hydrogen-bond donors (Lipinski definition) is 2. The highest BCUT2D eigenvalue weighted by molar-refractivity contribution is 5.90. The molecular formula is C8H5F5N2O2. The molecule has 0 spiro atoms. The Balaban J connectivity index is 3.66. The zero-order valence-corrected chi connectivity index (χ0v) is 7.92. The summed E-state index contributed by atoms with van der Waals surface area (Å²) in [4.78, 5) is 13.4. The van der Waals surface area contributed by atoms with Crippen molar-refractivity contribution >= 4 is 11.8 Å². The first-order valence-electron chi connectivity index (χ1n) is 4.03. The number of carboxylic acids is 1. The number of rotatable bonds is 2. The molecule has 0 aliphatic carbocycles. The zero-order valence-electron chi connectivity index (χ0n) is 7.92. The molecule has 0 saturated heterocycles. The standard InChI is InChI=1S/C8H5F5N2O2/c9-6(10)5-4(8(11,12)13)2(7(16)17)1-3(14)15-5/h1,6H,(H2,14,15)(H,16,17). The molecule has 3 N–H and O–H groups in total. The summed E-state index contributed by atoms with van der Waals surface area (Å²) in [6, 6.07) is 0.386. The largest absolute Gasteiger partial charge is 0.478 e. The predicted molar refractivity (Wildman–Crippen MR) is 45.6 cm³/mol. The Morgan fingerprint density at radius 3 is 2.29 bits per heavy atom. The molecule has 1 heterocycles. The van der Waals surface area contributed by atoms with Crippen LogP contribution < -0.4 is 5.73 Å². The number of pyridine rings is 1. The SMILES string of the molecule is Nc1cc(C(=O)O)c(C(F)(F)F)c(C(F)F)n1. The molecule has 0 aromatic carbocycles. The van der Waals surface area contributed by atoms with Crippen LogP contribution in [0.2, 0.25) is 0 Å². The third-order valence-corrected chi connectivity index (χ3v) is 1.79. The van der Waals surface area contributed by atoms with E-state index >= 15 is 0 Å². The fourth-order valence-corrected chi connectivity index (χ4v) is 1.21. The third-order valence-electron chi connectivity index (χ3n) is 1.79. The summed E-state index contributed by atoms with van der Waals surface area (Å²) < 4.78 is 62.2. The molecule has 0 atom stereocenters. The lowest BCUT2D eigenvalue weighted by Crippen LogP contribution is -2.18.